The zero-order valence-corrected chi connectivity index (χ0v) is 20.9. The number of hydrogen-bond donors (Lipinski definition) is 2. The number of aromatic nitrogens is 7. The van der Waals surface area contributed by atoms with E-state index in [2.05, 4.69) is 31.3 Å². The molecule has 2 saturated heterocycles. The van der Waals surface area contributed by atoms with E-state index in [0.29, 0.717) is 29.7 Å². The van der Waals surface area contributed by atoms with Crippen molar-refractivity contribution in [3.63, 3.8) is 0 Å². The number of nitrogen functional groups attached to an aromatic ring is 1. The lowest BCUT2D eigenvalue weighted by Crippen LogP contribution is -2.46. The molecule has 2 aliphatic heterocycles. The number of nitriles is 1. The second-order valence-corrected chi connectivity index (χ2v) is 10.0. The van der Waals surface area contributed by atoms with Crippen molar-refractivity contribution >= 4 is 17.4 Å². The summed E-state index contributed by atoms with van der Waals surface area (Å²) in [5, 5.41) is 21.1. The summed E-state index contributed by atoms with van der Waals surface area (Å²) >= 11 is 0. The number of nitrogens with zero attached hydrogens (tertiary/aromatic N) is 8. The molecule has 0 aliphatic carbocycles. The fourth-order valence-corrected chi connectivity index (χ4v) is 6.14. The number of benzene rings is 1. The van der Waals surface area contributed by atoms with Crippen molar-refractivity contribution in [1.29, 1.82) is 5.26 Å². The standard InChI is InChI=1S/C28H24N10O/c29-12-21-24(18-10-19-7-8-20(11-18)37(19)28(39)26-32-15-33-36-26)35-27-22(14-34-38(27)25(21)30)17-6-9-23(31-13-17)16-4-2-1-3-5-16/h1-6,9,13-15,18-20H,7-8,10-11,30H2,(H,32,33,36)/t18-,19-,20+. The Morgan fingerprint density at radius 1 is 1.03 bits per heavy atom. The van der Waals surface area contributed by atoms with Crippen LogP contribution in [0, 0.1) is 11.3 Å². The molecule has 2 bridgehead atoms. The predicted molar refractivity (Wildman–Crippen MR) is 142 cm³/mol. The maximum absolute atomic E-state index is 13.1. The fraction of sp³-hybridized carbons (Fsp3) is 0.250. The van der Waals surface area contributed by atoms with Gasteiger partial charge in [0.1, 0.15) is 23.8 Å². The Bertz CT molecular complexity index is 1710. The number of anilines is 1. The summed E-state index contributed by atoms with van der Waals surface area (Å²) in [5.41, 5.74) is 11.6. The number of nitrogens with two attached hydrogens (primary N) is 1. The van der Waals surface area contributed by atoms with Gasteiger partial charge < -0.3 is 10.6 Å². The molecule has 0 spiro atoms. The van der Waals surface area contributed by atoms with Crippen molar-refractivity contribution in [2.45, 2.75) is 43.7 Å². The summed E-state index contributed by atoms with van der Waals surface area (Å²) in [5.74, 6) is 0.281. The van der Waals surface area contributed by atoms with Crippen molar-refractivity contribution in [1.82, 2.24) is 39.7 Å². The first-order valence-corrected chi connectivity index (χ1v) is 12.9. The first-order chi connectivity index (χ1) is 19.1. The predicted octanol–water partition coefficient (Wildman–Crippen LogP) is 3.58. The zero-order valence-electron chi connectivity index (χ0n) is 20.9. The van der Waals surface area contributed by atoms with Gasteiger partial charge in [0.15, 0.2) is 5.65 Å². The second kappa shape index (κ2) is 9.02. The number of carbonyl (C=O) groups is 1. The van der Waals surface area contributed by atoms with Gasteiger partial charge in [0.25, 0.3) is 5.91 Å². The average molecular weight is 517 g/mol. The molecule has 4 aromatic heterocycles. The average Bonchev–Trinajstić information content (AvgIpc) is 3.72. The van der Waals surface area contributed by atoms with E-state index in [1.54, 1.807) is 6.20 Å². The summed E-state index contributed by atoms with van der Waals surface area (Å²) in [6.07, 6.45) is 8.12. The van der Waals surface area contributed by atoms with E-state index >= 15 is 0 Å². The number of hydrogen-bond acceptors (Lipinski definition) is 8. The van der Waals surface area contributed by atoms with Crippen molar-refractivity contribution in [3.8, 4) is 28.5 Å². The molecule has 192 valence electrons. The van der Waals surface area contributed by atoms with E-state index in [1.165, 1.54) is 10.8 Å². The van der Waals surface area contributed by atoms with Crippen LogP contribution in [0.15, 0.2) is 61.2 Å². The number of carbonyl (C=O) groups excluding carboxylic acids is 1. The Morgan fingerprint density at radius 3 is 2.49 bits per heavy atom. The highest BCUT2D eigenvalue weighted by Crippen LogP contribution is 2.44. The fourth-order valence-electron chi connectivity index (χ4n) is 6.14. The molecule has 0 unspecified atom stereocenters. The van der Waals surface area contributed by atoms with Gasteiger partial charge in [0.05, 0.1) is 17.6 Å². The van der Waals surface area contributed by atoms with Gasteiger partial charge in [-0.25, -0.2) is 9.97 Å². The number of piperidine rings is 1. The molecule has 0 radical (unpaired) electrons. The normalized spacial score (nSPS) is 20.3. The van der Waals surface area contributed by atoms with E-state index in [4.69, 9.17) is 10.7 Å². The van der Waals surface area contributed by atoms with E-state index < -0.39 is 0 Å². The van der Waals surface area contributed by atoms with Gasteiger partial charge in [-0.2, -0.15) is 14.9 Å². The number of fused-ring (bicyclic) bond motifs is 3. The SMILES string of the molecule is N#Cc1c([C@@H]2C[C@H]3CC[C@@H](C2)N3C(=O)c2nc[nH]n2)nc2c(-c3ccc(-c4ccccc4)nc3)cnn2c1N. The van der Waals surface area contributed by atoms with Gasteiger partial charge in [-0.05, 0) is 31.7 Å². The first-order valence-electron chi connectivity index (χ1n) is 12.9. The molecule has 6 heterocycles. The van der Waals surface area contributed by atoms with Gasteiger partial charge in [-0.3, -0.25) is 14.9 Å². The first kappa shape index (κ1) is 23.0. The summed E-state index contributed by atoms with van der Waals surface area (Å²) < 4.78 is 1.53. The van der Waals surface area contributed by atoms with Crippen LogP contribution in [0.5, 0.6) is 0 Å². The largest absolute Gasteiger partial charge is 0.382 e. The smallest absolute Gasteiger partial charge is 0.294 e. The van der Waals surface area contributed by atoms with Crippen LogP contribution in [-0.4, -0.2) is 57.7 Å². The third-order valence-electron chi connectivity index (χ3n) is 7.93. The number of H-pyrrole nitrogens is 1. The second-order valence-electron chi connectivity index (χ2n) is 10.0. The molecule has 3 N–H and O–H groups in total. The van der Waals surface area contributed by atoms with Gasteiger partial charge in [-0.15, -0.1) is 5.10 Å². The van der Waals surface area contributed by atoms with Gasteiger partial charge in [-0.1, -0.05) is 36.4 Å². The Kier molecular flexibility index (Phi) is 5.33. The quantitative estimate of drug-likeness (QED) is 0.367. The lowest BCUT2D eigenvalue weighted by molar-refractivity contribution is 0.0557. The molecule has 11 nitrogen and oxygen atoms in total. The number of nitrogens with one attached hydrogen (secondary N) is 1. The van der Waals surface area contributed by atoms with Gasteiger partial charge in [0.2, 0.25) is 5.82 Å². The molecule has 2 aliphatic rings. The maximum atomic E-state index is 13.1. The molecule has 0 saturated carbocycles. The molecule has 3 atom stereocenters. The summed E-state index contributed by atoms with van der Waals surface area (Å²) in [6, 6.07) is 16.3. The van der Waals surface area contributed by atoms with Crippen LogP contribution in [0.4, 0.5) is 5.82 Å². The van der Waals surface area contributed by atoms with E-state index in [1.807, 2.05) is 53.6 Å². The minimum atomic E-state index is -0.157. The number of amides is 1. The highest BCUT2D eigenvalue weighted by molar-refractivity contribution is 5.91. The number of aromatic amines is 1. The molecular weight excluding hydrogens is 492 g/mol. The van der Waals surface area contributed by atoms with Crippen LogP contribution < -0.4 is 5.73 Å². The Morgan fingerprint density at radius 2 is 1.82 bits per heavy atom. The number of rotatable bonds is 4. The van der Waals surface area contributed by atoms with Crippen LogP contribution in [0.25, 0.3) is 28.0 Å². The van der Waals surface area contributed by atoms with Crippen LogP contribution in [0.2, 0.25) is 0 Å². The van der Waals surface area contributed by atoms with Crippen LogP contribution in [-0.2, 0) is 0 Å². The monoisotopic (exact) mass is 516 g/mol. The van der Waals surface area contributed by atoms with Crippen LogP contribution in [0.1, 0.15) is 53.5 Å². The van der Waals surface area contributed by atoms with Crippen molar-refractivity contribution < 1.29 is 4.79 Å². The van der Waals surface area contributed by atoms with Crippen LogP contribution >= 0.6 is 0 Å². The molecule has 1 aromatic carbocycles. The lowest BCUT2D eigenvalue weighted by atomic mass is 9.86. The summed E-state index contributed by atoms with van der Waals surface area (Å²) in [4.78, 5) is 28.7. The van der Waals surface area contributed by atoms with Gasteiger partial charge >= 0.3 is 0 Å². The lowest BCUT2D eigenvalue weighted by Gasteiger charge is -2.38. The van der Waals surface area contributed by atoms with Crippen LogP contribution in [0.3, 0.4) is 0 Å². The van der Waals surface area contributed by atoms with E-state index in [9.17, 15) is 10.1 Å². The number of pyridine rings is 1. The highest BCUT2D eigenvalue weighted by atomic mass is 16.2. The third kappa shape index (κ3) is 3.72. The molecule has 2 fully saturated rings. The minimum absolute atomic E-state index is 0.0121. The minimum Gasteiger partial charge on any atom is -0.382 e. The molecule has 5 aromatic rings. The summed E-state index contributed by atoms with van der Waals surface area (Å²) in [6.45, 7) is 0. The molecule has 7 rings (SSSR count). The Hall–Kier alpha value is -5.11. The Labute approximate surface area is 223 Å². The van der Waals surface area contributed by atoms with Gasteiger partial charge in [0, 0.05) is 40.9 Å². The van der Waals surface area contributed by atoms with Crippen molar-refractivity contribution in [3.05, 3.63) is 78.3 Å². The van der Waals surface area contributed by atoms with Crippen molar-refractivity contribution in [2.75, 3.05) is 5.73 Å². The van der Waals surface area contributed by atoms with Crippen molar-refractivity contribution in [2.24, 2.45) is 0 Å². The Balaban J connectivity index is 1.24. The highest BCUT2D eigenvalue weighted by Gasteiger charge is 2.45. The molecule has 1 amide bonds. The molecule has 39 heavy (non-hydrogen) atoms. The van der Waals surface area contributed by atoms with E-state index in [-0.39, 0.29) is 35.6 Å². The molecule has 11 heteroatoms. The van der Waals surface area contributed by atoms with E-state index in [0.717, 1.165) is 35.2 Å². The zero-order chi connectivity index (χ0) is 26.5. The molecular formula is C28H24N10O. The summed E-state index contributed by atoms with van der Waals surface area (Å²) in [7, 11) is 0. The topological polar surface area (TPSA) is 155 Å². The maximum Gasteiger partial charge on any atom is 0.294 e. The third-order valence-corrected chi connectivity index (χ3v) is 7.93.